The Kier molecular flexibility index (Phi) is 5.81. The van der Waals surface area contributed by atoms with Gasteiger partial charge < -0.3 is 13.7 Å². The minimum Gasteiger partial charge on any atom is -0.455 e. The van der Waals surface area contributed by atoms with E-state index in [1.807, 2.05) is 54.6 Å². The highest BCUT2D eigenvalue weighted by Gasteiger charge is 2.22. The van der Waals surface area contributed by atoms with Gasteiger partial charge in [0.1, 0.15) is 22.0 Å². The van der Waals surface area contributed by atoms with Gasteiger partial charge in [-0.25, -0.2) is 4.98 Å². The molecule has 0 aliphatic carbocycles. The van der Waals surface area contributed by atoms with Crippen molar-refractivity contribution >= 4 is 28.8 Å². The van der Waals surface area contributed by atoms with Crippen molar-refractivity contribution in [1.82, 2.24) is 25.3 Å². The molecule has 33 heavy (non-hydrogen) atoms. The summed E-state index contributed by atoms with van der Waals surface area (Å²) in [5, 5.41) is 12.8. The van der Waals surface area contributed by atoms with Gasteiger partial charge in [0.15, 0.2) is 6.61 Å². The first kappa shape index (κ1) is 20.8. The molecule has 0 bridgehead atoms. The van der Waals surface area contributed by atoms with Gasteiger partial charge in [0.2, 0.25) is 0 Å². The van der Waals surface area contributed by atoms with Crippen molar-refractivity contribution in [3.8, 4) is 22.7 Å². The van der Waals surface area contributed by atoms with E-state index in [1.165, 1.54) is 11.8 Å². The van der Waals surface area contributed by atoms with E-state index in [1.54, 1.807) is 13.1 Å². The van der Waals surface area contributed by atoms with Crippen molar-refractivity contribution in [2.45, 2.75) is 18.6 Å². The molecule has 0 atom stereocenters. The second-order valence-corrected chi connectivity index (χ2v) is 7.97. The highest BCUT2D eigenvalue weighted by molar-refractivity contribution is 7.99. The Morgan fingerprint density at radius 1 is 1.03 bits per heavy atom. The number of carbonyl (C=O) groups is 1. The lowest BCUT2D eigenvalue weighted by molar-refractivity contribution is -0.142. The zero-order valence-electron chi connectivity index (χ0n) is 17.5. The molecule has 3 aromatic heterocycles. The number of fused-ring (bicyclic) bond motifs is 1. The lowest BCUT2D eigenvalue weighted by Crippen LogP contribution is -2.07. The van der Waals surface area contributed by atoms with Crippen molar-refractivity contribution < 1.29 is 18.5 Å². The standard InChI is InChI=1S/C23H17N5O4S/c1-14-21(22(28-32-14)15-7-3-2-4-8-15)23-27-26-18(31-23)12-30-20(29)13-33-19-11-24-16-9-5-6-10-17(16)25-19/h2-11H,12-13H2,1H3. The Hall–Kier alpha value is -4.05. The number of para-hydroxylation sites is 2. The Bertz CT molecular complexity index is 1420. The molecule has 10 heteroatoms. The van der Waals surface area contributed by atoms with E-state index in [0.717, 1.165) is 16.6 Å². The molecule has 0 aliphatic heterocycles. The van der Waals surface area contributed by atoms with Gasteiger partial charge in [-0.2, -0.15) is 0 Å². The molecule has 5 rings (SSSR count). The largest absolute Gasteiger partial charge is 0.455 e. The van der Waals surface area contributed by atoms with Gasteiger partial charge in [-0.1, -0.05) is 59.4 Å². The van der Waals surface area contributed by atoms with Crippen LogP contribution < -0.4 is 0 Å². The number of ether oxygens (including phenoxy) is 1. The van der Waals surface area contributed by atoms with Gasteiger partial charge in [-0.05, 0) is 19.1 Å². The molecule has 0 aliphatic rings. The zero-order valence-corrected chi connectivity index (χ0v) is 18.3. The first-order valence-electron chi connectivity index (χ1n) is 10.0. The molecule has 0 saturated heterocycles. The number of aromatic nitrogens is 5. The maximum Gasteiger partial charge on any atom is 0.316 e. The molecule has 164 valence electrons. The maximum absolute atomic E-state index is 12.2. The SMILES string of the molecule is Cc1onc(-c2ccccc2)c1-c1nnc(COC(=O)CSc2cnc3ccccc3n2)o1. The monoisotopic (exact) mass is 459 g/mol. The number of esters is 1. The molecular formula is C23H17N5O4S. The van der Waals surface area contributed by atoms with Gasteiger partial charge in [-0.15, -0.1) is 10.2 Å². The molecule has 0 fully saturated rings. The fourth-order valence-corrected chi connectivity index (χ4v) is 3.80. The van der Waals surface area contributed by atoms with E-state index in [9.17, 15) is 4.79 Å². The smallest absolute Gasteiger partial charge is 0.316 e. The van der Waals surface area contributed by atoms with Crippen LogP contribution in [0.4, 0.5) is 0 Å². The van der Waals surface area contributed by atoms with Crippen LogP contribution in [0.25, 0.3) is 33.7 Å². The topological polar surface area (TPSA) is 117 Å². The number of hydrogen-bond donors (Lipinski definition) is 0. The minimum absolute atomic E-state index is 0.0803. The van der Waals surface area contributed by atoms with Gasteiger partial charge >= 0.3 is 5.97 Å². The molecule has 5 aromatic rings. The Morgan fingerprint density at radius 2 is 1.82 bits per heavy atom. The summed E-state index contributed by atoms with van der Waals surface area (Å²) >= 11 is 1.25. The third kappa shape index (κ3) is 4.60. The molecule has 0 amide bonds. The number of hydrogen-bond acceptors (Lipinski definition) is 10. The first-order chi connectivity index (χ1) is 16.2. The predicted molar refractivity (Wildman–Crippen MR) is 120 cm³/mol. The Labute approximate surface area is 192 Å². The first-order valence-corrected chi connectivity index (χ1v) is 11.0. The van der Waals surface area contributed by atoms with E-state index in [2.05, 4.69) is 25.3 Å². The zero-order chi connectivity index (χ0) is 22.6. The molecule has 0 radical (unpaired) electrons. The normalized spacial score (nSPS) is 11.1. The van der Waals surface area contributed by atoms with E-state index in [4.69, 9.17) is 13.7 Å². The van der Waals surface area contributed by atoms with Gasteiger partial charge in [0, 0.05) is 5.56 Å². The van der Waals surface area contributed by atoms with Crippen LogP contribution >= 0.6 is 11.8 Å². The van der Waals surface area contributed by atoms with Crippen LogP contribution in [0, 0.1) is 6.92 Å². The third-order valence-electron chi connectivity index (χ3n) is 4.71. The number of rotatable bonds is 7. The fourth-order valence-electron chi connectivity index (χ4n) is 3.16. The Balaban J connectivity index is 1.21. The molecule has 3 heterocycles. The summed E-state index contributed by atoms with van der Waals surface area (Å²) in [6.45, 7) is 1.63. The minimum atomic E-state index is -0.430. The summed E-state index contributed by atoms with van der Waals surface area (Å²) in [5.41, 5.74) is 3.65. The number of carbonyl (C=O) groups excluding carboxylic acids is 1. The molecule has 0 unspecified atom stereocenters. The summed E-state index contributed by atoms with van der Waals surface area (Å²) < 4.78 is 16.3. The van der Waals surface area contributed by atoms with Crippen molar-refractivity contribution in [2.75, 3.05) is 5.75 Å². The number of aryl methyl sites for hydroxylation is 1. The molecular weight excluding hydrogens is 442 g/mol. The van der Waals surface area contributed by atoms with Crippen LogP contribution in [0.3, 0.4) is 0 Å². The highest BCUT2D eigenvalue weighted by Crippen LogP contribution is 2.33. The van der Waals surface area contributed by atoms with Crippen LogP contribution in [0.5, 0.6) is 0 Å². The molecule has 9 nitrogen and oxygen atoms in total. The van der Waals surface area contributed by atoms with E-state index in [-0.39, 0.29) is 24.1 Å². The summed E-state index contributed by atoms with van der Waals surface area (Å²) in [5.74, 6) is 0.624. The lowest BCUT2D eigenvalue weighted by atomic mass is 10.1. The van der Waals surface area contributed by atoms with Crippen LogP contribution in [-0.4, -0.2) is 37.0 Å². The van der Waals surface area contributed by atoms with Gasteiger partial charge in [0.05, 0.1) is 23.0 Å². The summed E-state index contributed by atoms with van der Waals surface area (Å²) in [6.07, 6.45) is 1.64. The molecule has 0 spiro atoms. The quantitative estimate of drug-likeness (QED) is 0.255. The van der Waals surface area contributed by atoms with E-state index < -0.39 is 5.97 Å². The van der Waals surface area contributed by atoms with E-state index in [0.29, 0.717) is 22.0 Å². The average molecular weight is 459 g/mol. The average Bonchev–Trinajstić information content (AvgIpc) is 3.48. The van der Waals surface area contributed by atoms with Crippen molar-refractivity contribution in [1.29, 1.82) is 0 Å². The van der Waals surface area contributed by atoms with Crippen LogP contribution in [0.2, 0.25) is 0 Å². The predicted octanol–water partition coefficient (Wildman–Crippen LogP) is 4.48. The summed E-state index contributed by atoms with van der Waals surface area (Å²) in [7, 11) is 0. The highest BCUT2D eigenvalue weighted by atomic mass is 32.2. The third-order valence-corrected chi connectivity index (χ3v) is 5.58. The Morgan fingerprint density at radius 3 is 2.67 bits per heavy atom. The summed E-state index contributed by atoms with van der Waals surface area (Å²) in [4.78, 5) is 21.0. The van der Waals surface area contributed by atoms with Crippen LogP contribution in [-0.2, 0) is 16.1 Å². The molecule has 0 N–H and O–H groups in total. The number of nitrogens with zero attached hydrogens (tertiary/aromatic N) is 5. The van der Waals surface area contributed by atoms with E-state index >= 15 is 0 Å². The van der Waals surface area contributed by atoms with Crippen molar-refractivity contribution in [3.63, 3.8) is 0 Å². The van der Waals surface area contributed by atoms with Crippen LogP contribution in [0.1, 0.15) is 11.7 Å². The second kappa shape index (κ2) is 9.21. The molecule has 0 saturated carbocycles. The number of benzene rings is 2. The summed E-state index contributed by atoms with van der Waals surface area (Å²) in [6, 6.07) is 17.1. The molecule has 2 aromatic carbocycles. The van der Waals surface area contributed by atoms with Gasteiger partial charge in [0.25, 0.3) is 11.8 Å². The maximum atomic E-state index is 12.2. The van der Waals surface area contributed by atoms with Crippen molar-refractivity contribution in [2.24, 2.45) is 0 Å². The lowest BCUT2D eigenvalue weighted by Gasteiger charge is -2.03. The van der Waals surface area contributed by atoms with Gasteiger partial charge in [-0.3, -0.25) is 9.78 Å². The van der Waals surface area contributed by atoms with Crippen molar-refractivity contribution in [3.05, 3.63) is 72.4 Å². The van der Waals surface area contributed by atoms with Crippen LogP contribution in [0.15, 0.2) is 74.8 Å². The number of thioether (sulfide) groups is 1. The second-order valence-electron chi connectivity index (χ2n) is 6.98. The fraction of sp³-hybridized carbons (Fsp3) is 0.130.